The van der Waals surface area contributed by atoms with E-state index in [4.69, 9.17) is 0 Å². The van der Waals surface area contributed by atoms with Crippen LogP contribution in [0.2, 0.25) is 0 Å². The van der Waals surface area contributed by atoms with Crippen LogP contribution in [0.5, 0.6) is 0 Å². The van der Waals surface area contributed by atoms with E-state index in [2.05, 4.69) is 36.1 Å². The number of hydrogen-bond donors (Lipinski definition) is 0. The highest BCUT2D eigenvalue weighted by Gasteiger charge is 2.26. The zero-order chi connectivity index (χ0) is 12.3. The topological polar surface area (TPSA) is 23.6 Å². The molecule has 2 rings (SSSR count). The average Bonchev–Trinajstić information content (AvgIpc) is 2.39. The van der Waals surface area contributed by atoms with Gasteiger partial charge in [0.15, 0.2) is 0 Å². The third kappa shape index (κ3) is 2.67. The lowest BCUT2D eigenvalue weighted by atomic mass is 10.1. The molecule has 0 spiro atoms. The van der Waals surface area contributed by atoms with Gasteiger partial charge in [0.05, 0.1) is 6.54 Å². The maximum Gasteiger partial charge on any atom is 0.236 e. The number of piperazine rings is 1. The van der Waals surface area contributed by atoms with Gasteiger partial charge in [-0.1, -0.05) is 30.3 Å². The second-order valence-electron chi connectivity index (χ2n) is 4.53. The van der Waals surface area contributed by atoms with E-state index in [-0.39, 0.29) is 5.91 Å². The van der Waals surface area contributed by atoms with Crippen LogP contribution in [0.15, 0.2) is 30.3 Å². The SMILES string of the molecule is CCN1CCN(C(C)c2ccccc2)CC1=O. The molecule has 1 fully saturated rings. The average molecular weight is 232 g/mol. The van der Waals surface area contributed by atoms with Crippen molar-refractivity contribution in [3.8, 4) is 0 Å². The van der Waals surface area contributed by atoms with Gasteiger partial charge in [-0.15, -0.1) is 0 Å². The highest BCUT2D eigenvalue weighted by Crippen LogP contribution is 2.21. The number of likely N-dealkylation sites (N-methyl/N-ethyl adjacent to an activating group) is 1. The van der Waals surface area contributed by atoms with Crippen molar-refractivity contribution < 1.29 is 4.79 Å². The van der Waals surface area contributed by atoms with Gasteiger partial charge in [0.1, 0.15) is 0 Å². The van der Waals surface area contributed by atoms with E-state index in [0.717, 1.165) is 19.6 Å². The van der Waals surface area contributed by atoms with E-state index in [1.807, 2.05) is 17.9 Å². The van der Waals surface area contributed by atoms with E-state index >= 15 is 0 Å². The van der Waals surface area contributed by atoms with E-state index in [0.29, 0.717) is 12.6 Å². The molecule has 3 nitrogen and oxygen atoms in total. The van der Waals surface area contributed by atoms with Crippen LogP contribution >= 0.6 is 0 Å². The summed E-state index contributed by atoms with van der Waals surface area (Å²) in [7, 11) is 0. The quantitative estimate of drug-likeness (QED) is 0.795. The molecular formula is C14H20N2O. The smallest absolute Gasteiger partial charge is 0.236 e. The number of carbonyl (C=O) groups is 1. The summed E-state index contributed by atoms with van der Waals surface area (Å²) in [5.74, 6) is 0.251. The Bertz CT molecular complexity index is 377. The van der Waals surface area contributed by atoms with Gasteiger partial charge >= 0.3 is 0 Å². The molecule has 0 radical (unpaired) electrons. The van der Waals surface area contributed by atoms with Crippen LogP contribution < -0.4 is 0 Å². The van der Waals surface area contributed by atoms with Crippen molar-refractivity contribution in [2.24, 2.45) is 0 Å². The molecule has 92 valence electrons. The van der Waals surface area contributed by atoms with Crippen molar-refractivity contribution in [2.45, 2.75) is 19.9 Å². The summed E-state index contributed by atoms with van der Waals surface area (Å²) >= 11 is 0. The summed E-state index contributed by atoms with van der Waals surface area (Å²) in [4.78, 5) is 16.0. The monoisotopic (exact) mass is 232 g/mol. The van der Waals surface area contributed by atoms with Crippen LogP contribution in [0, 0.1) is 0 Å². The fraction of sp³-hybridized carbons (Fsp3) is 0.500. The Morgan fingerprint density at radius 1 is 1.24 bits per heavy atom. The van der Waals surface area contributed by atoms with Crippen LogP contribution in [0.25, 0.3) is 0 Å². The Morgan fingerprint density at radius 2 is 1.94 bits per heavy atom. The van der Waals surface area contributed by atoms with Gasteiger partial charge in [-0.05, 0) is 19.4 Å². The molecule has 1 unspecified atom stereocenters. The fourth-order valence-corrected chi connectivity index (χ4v) is 2.33. The third-order valence-corrected chi connectivity index (χ3v) is 3.56. The van der Waals surface area contributed by atoms with Crippen LogP contribution in [-0.4, -0.2) is 41.9 Å². The highest BCUT2D eigenvalue weighted by molar-refractivity contribution is 5.79. The van der Waals surface area contributed by atoms with E-state index in [1.54, 1.807) is 0 Å². The Balaban J connectivity index is 2.03. The zero-order valence-corrected chi connectivity index (χ0v) is 10.6. The van der Waals surface area contributed by atoms with Gasteiger partial charge in [-0.3, -0.25) is 9.69 Å². The second kappa shape index (κ2) is 5.32. The number of nitrogens with zero attached hydrogens (tertiary/aromatic N) is 2. The lowest BCUT2D eigenvalue weighted by Gasteiger charge is -2.37. The first-order valence-corrected chi connectivity index (χ1v) is 6.29. The number of carbonyl (C=O) groups excluding carboxylic acids is 1. The van der Waals surface area contributed by atoms with Gasteiger partial charge in [-0.2, -0.15) is 0 Å². The molecule has 1 aliphatic rings. The van der Waals surface area contributed by atoms with Crippen molar-refractivity contribution in [1.82, 2.24) is 9.80 Å². The number of benzene rings is 1. The largest absolute Gasteiger partial charge is 0.341 e. The molecule has 1 aliphatic heterocycles. The Hall–Kier alpha value is -1.35. The Morgan fingerprint density at radius 3 is 2.53 bits per heavy atom. The normalized spacial score (nSPS) is 19.4. The minimum atomic E-state index is 0.251. The molecule has 17 heavy (non-hydrogen) atoms. The summed E-state index contributed by atoms with van der Waals surface area (Å²) < 4.78 is 0. The minimum absolute atomic E-state index is 0.251. The van der Waals surface area contributed by atoms with Crippen molar-refractivity contribution in [2.75, 3.05) is 26.2 Å². The third-order valence-electron chi connectivity index (χ3n) is 3.56. The van der Waals surface area contributed by atoms with Gasteiger partial charge in [0.2, 0.25) is 5.91 Å². The van der Waals surface area contributed by atoms with Gasteiger partial charge < -0.3 is 4.90 Å². The second-order valence-corrected chi connectivity index (χ2v) is 4.53. The summed E-state index contributed by atoms with van der Waals surface area (Å²) in [5.41, 5.74) is 1.28. The molecule has 1 heterocycles. The molecule has 0 saturated carbocycles. The first-order chi connectivity index (χ1) is 8.22. The molecule has 1 amide bonds. The number of amides is 1. The molecule has 1 aromatic rings. The molecule has 3 heteroatoms. The molecule has 0 aliphatic carbocycles. The molecule has 1 aromatic carbocycles. The molecule has 0 bridgehead atoms. The first kappa shape index (κ1) is 12.1. The van der Waals surface area contributed by atoms with E-state index in [9.17, 15) is 4.79 Å². The molecular weight excluding hydrogens is 212 g/mol. The van der Waals surface area contributed by atoms with Crippen LogP contribution in [-0.2, 0) is 4.79 Å². The maximum absolute atomic E-state index is 11.9. The van der Waals surface area contributed by atoms with Crippen molar-refractivity contribution in [3.63, 3.8) is 0 Å². The van der Waals surface area contributed by atoms with Crippen molar-refractivity contribution >= 4 is 5.91 Å². The predicted octanol–water partition coefficient (Wildman–Crippen LogP) is 1.91. The maximum atomic E-state index is 11.9. The summed E-state index contributed by atoms with van der Waals surface area (Å²) in [6, 6.07) is 10.7. The zero-order valence-electron chi connectivity index (χ0n) is 10.6. The van der Waals surface area contributed by atoms with Crippen molar-refractivity contribution in [1.29, 1.82) is 0 Å². The Labute approximate surface area is 103 Å². The first-order valence-electron chi connectivity index (χ1n) is 6.29. The molecule has 0 N–H and O–H groups in total. The lowest BCUT2D eigenvalue weighted by Crippen LogP contribution is -2.50. The fourth-order valence-electron chi connectivity index (χ4n) is 2.33. The van der Waals surface area contributed by atoms with E-state index < -0.39 is 0 Å². The van der Waals surface area contributed by atoms with Gasteiger partial charge in [0.25, 0.3) is 0 Å². The Kier molecular flexibility index (Phi) is 3.79. The molecule has 1 saturated heterocycles. The predicted molar refractivity (Wildman–Crippen MR) is 68.7 cm³/mol. The summed E-state index contributed by atoms with van der Waals surface area (Å²) in [6.07, 6.45) is 0. The van der Waals surface area contributed by atoms with Crippen LogP contribution in [0.3, 0.4) is 0 Å². The van der Waals surface area contributed by atoms with Crippen molar-refractivity contribution in [3.05, 3.63) is 35.9 Å². The van der Waals surface area contributed by atoms with Crippen LogP contribution in [0.1, 0.15) is 25.5 Å². The molecule has 1 atom stereocenters. The minimum Gasteiger partial charge on any atom is -0.341 e. The van der Waals surface area contributed by atoms with Crippen LogP contribution in [0.4, 0.5) is 0 Å². The molecule has 0 aromatic heterocycles. The number of rotatable bonds is 3. The summed E-state index contributed by atoms with van der Waals surface area (Å²) in [5, 5.41) is 0. The van der Waals surface area contributed by atoms with Gasteiger partial charge in [0, 0.05) is 25.7 Å². The van der Waals surface area contributed by atoms with Gasteiger partial charge in [-0.25, -0.2) is 0 Å². The summed E-state index contributed by atoms with van der Waals surface area (Å²) in [6.45, 7) is 7.40. The van der Waals surface area contributed by atoms with E-state index in [1.165, 1.54) is 5.56 Å². The lowest BCUT2D eigenvalue weighted by molar-refractivity contribution is -0.136. The number of hydrogen-bond acceptors (Lipinski definition) is 2. The standard InChI is InChI=1S/C14H20N2O/c1-3-15-9-10-16(11-14(15)17)12(2)13-7-5-4-6-8-13/h4-8,12H,3,9-11H2,1-2H3. The highest BCUT2D eigenvalue weighted by atomic mass is 16.2.